The average molecular weight is 485 g/mol. The fourth-order valence-corrected chi connectivity index (χ4v) is 6.53. The molecule has 7 nitrogen and oxygen atoms in total. The molecule has 184 valence electrons. The van der Waals surface area contributed by atoms with Crippen LogP contribution in [0.5, 0.6) is 0 Å². The Hall–Kier alpha value is -2.26. The fraction of sp³-hybridized carbons (Fsp3) is 0.500. The van der Waals surface area contributed by atoms with Gasteiger partial charge in [-0.2, -0.15) is 17.0 Å². The summed E-state index contributed by atoms with van der Waals surface area (Å²) < 4.78 is 29.7. The number of amides is 1. The quantitative estimate of drug-likeness (QED) is 0.678. The van der Waals surface area contributed by atoms with Gasteiger partial charge in [0.2, 0.25) is 5.91 Å². The largest absolute Gasteiger partial charge is 0.324 e. The van der Waals surface area contributed by atoms with E-state index in [1.54, 1.807) is 8.61 Å². The summed E-state index contributed by atoms with van der Waals surface area (Å²) in [5.41, 5.74) is 3.83. The average Bonchev–Trinajstić information content (AvgIpc) is 3.13. The van der Waals surface area contributed by atoms with Gasteiger partial charge in [0.05, 0.1) is 0 Å². The highest BCUT2D eigenvalue weighted by molar-refractivity contribution is 7.86. The van der Waals surface area contributed by atoms with Gasteiger partial charge in [0.25, 0.3) is 10.2 Å². The van der Waals surface area contributed by atoms with Crippen molar-refractivity contribution in [3.05, 3.63) is 65.2 Å². The molecule has 2 aliphatic heterocycles. The summed E-state index contributed by atoms with van der Waals surface area (Å²) in [5, 5.41) is 3.13. The van der Waals surface area contributed by atoms with Crippen molar-refractivity contribution < 1.29 is 13.2 Å². The summed E-state index contributed by atoms with van der Waals surface area (Å²) in [5.74, 6) is -0.0938. The minimum atomic E-state index is -3.46. The van der Waals surface area contributed by atoms with Gasteiger partial charge in [0.15, 0.2) is 0 Å². The first-order valence-corrected chi connectivity index (χ1v) is 13.7. The monoisotopic (exact) mass is 484 g/mol. The molecule has 34 heavy (non-hydrogen) atoms. The lowest BCUT2D eigenvalue weighted by atomic mass is 10.0. The Kier molecular flexibility index (Phi) is 8.03. The topological polar surface area (TPSA) is 73.0 Å². The van der Waals surface area contributed by atoms with Crippen molar-refractivity contribution in [1.29, 1.82) is 0 Å². The molecule has 2 aromatic rings. The van der Waals surface area contributed by atoms with E-state index in [0.29, 0.717) is 39.3 Å². The van der Waals surface area contributed by atoms with Gasteiger partial charge in [-0.3, -0.25) is 9.69 Å². The van der Waals surface area contributed by atoms with Crippen LogP contribution in [0.25, 0.3) is 0 Å². The summed E-state index contributed by atoms with van der Waals surface area (Å²) in [6.45, 7) is 6.99. The molecule has 2 saturated heterocycles. The Morgan fingerprint density at radius 2 is 1.44 bits per heavy atom. The first-order chi connectivity index (χ1) is 16.4. The number of carbonyl (C=O) groups excluding carboxylic acids is 1. The number of piperazine rings is 1. The van der Waals surface area contributed by atoms with Crippen LogP contribution in [0.15, 0.2) is 48.5 Å². The third-order valence-corrected chi connectivity index (χ3v) is 8.91. The number of nitrogens with one attached hydrogen (secondary N) is 1. The van der Waals surface area contributed by atoms with E-state index in [9.17, 15) is 13.2 Å². The van der Waals surface area contributed by atoms with E-state index in [-0.39, 0.29) is 5.91 Å². The summed E-state index contributed by atoms with van der Waals surface area (Å²) in [6.07, 6.45) is 4.03. The van der Waals surface area contributed by atoms with Crippen LogP contribution < -0.4 is 5.32 Å². The van der Waals surface area contributed by atoms with E-state index in [0.717, 1.165) is 48.1 Å². The van der Waals surface area contributed by atoms with Gasteiger partial charge < -0.3 is 5.32 Å². The molecule has 1 unspecified atom stereocenters. The Labute approximate surface area is 203 Å². The maximum absolute atomic E-state index is 13.5. The maximum Gasteiger partial charge on any atom is 0.282 e. The van der Waals surface area contributed by atoms with Crippen LogP contribution in [0.2, 0.25) is 0 Å². The van der Waals surface area contributed by atoms with Crippen molar-refractivity contribution in [2.45, 2.75) is 45.6 Å². The van der Waals surface area contributed by atoms with E-state index in [1.807, 2.05) is 62.4 Å². The molecule has 0 spiro atoms. The molecule has 0 saturated carbocycles. The van der Waals surface area contributed by atoms with E-state index in [4.69, 9.17) is 0 Å². The van der Waals surface area contributed by atoms with Gasteiger partial charge >= 0.3 is 0 Å². The van der Waals surface area contributed by atoms with Crippen LogP contribution >= 0.6 is 0 Å². The van der Waals surface area contributed by atoms with Crippen molar-refractivity contribution in [2.24, 2.45) is 0 Å². The van der Waals surface area contributed by atoms with Crippen molar-refractivity contribution in [1.82, 2.24) is 13.5 Å². The number of carbonyl (C=O) groups is 1. The Morgan fingerprint density at radius 3 is 2.09 bits per heavy atom. The molecule has 2 aromatic carbocycles. The van der Waals surface area contributed by atoms with Crippen LogP contribution in [-0.4, -0.2) is 67.1 Å². The summed E-state index contributed by atoms with van der Waals surface area (Å²) in [4.78, 5) is 15.6. The Bertz CT molecular complexity index is 1070. The zero-order valence-electron chi connectivity index (χ0n) is 20.2. The van der Waals surface area contributed by atoms with Gasteiger partial charge in [-0.15, -0.1) is 0 Å². The third-order valence-electron chi connectivity index (χ3n) is 6.87. The second kappa shape index (κ2) is 11.0. The minimum Gasteiger partial charge on any atom is -0.324 e. The number of benzene rings is 2. The van der Waals surface area contributed by atoms with Gasteiger partial charge in [-0.25, -0.2) is 0 Å². The van der Waals surface area contributed by atoms with Crippen LogP contribution in [0.3, 0.4) is 0 Å². The molecule has 2 fully saturated rings. The van der Waals surface area contributed by atoms with Crippen LogP contribution in [0, 0.1) is 13.8 Å². The lowest BCUT2D eigenvalue weighted by Gasteiger charge is -2.39. The zero-order valence-corrected chi connectivity index (χ0v) is 21.1. The number of aryl methyl sites for hydroxylation is 2. The highest BCUT2D eigenvalue weighted by atomic mass is 32.2. The SMILES string of the molecule is Cc1ccc(C)c(NC(=O)C(c2ccccc2)N2CCN(S(=O)(=O)N3CCCCCC3)CC2)c1. The van der Waals surface area contributed by atoms with Crippen LogP contribution in [-0.2, 0) is 15.0 Å². The highest BCUT2D eigenvalue weighted by Gasteiger charge is 2.36. The number of rotatable bonds is 6. The molecule has 2 heterocycles. The van der Waals surface area contributed by atoms with Gasteiger partial charge in [-0.05, 0) is 49.4 Å². The molecule has 2 aliphatic rings. The fourth-order valence-electron chi connectivity index (χ4n) is 4.86. The van der Waals surface area contributed by atoms with E-state index in [1.165, 1.54) is 0 Å². The predicted molar refractivity (Wildman–Crippen MR) is 136 cm³/mol. The van der Waals surface area contributed by atoms with Gasteiger partial charge in [-0.1, -0.05) is 55.3 Å². The highest BCUT2D eigenvalue weighted by Crippen LogP contribution is 2.27. The lowest BCUT2D eigenvalue weighted by molar-refractivity contribution is -0.122. The van der Waals surface area contributed by atoms with Crippen LogP contribution in [0.1, 0.15) is 48.4 Å². The standard InChI is InChI=1S/C26H36N4O3S/c1-21-12-13-22(2)24(20-21)27-26(31)25(23-10-6-5-7-11-23)28-16-18-30(19-17-28)34(32,33)29-14-8-3-4-9-15-29/h5-7,10-13,20,25H,3-4,8-9,14-19H2,1-2H3,(H,27,31). The van der Waals surface area contributed by atoms with Crippen molar-refractivity contribution in [3.8, 4) is 0 Å². The van der Waals surface area contributed by atoms with E-state index < -0.39 is 16.3 Å². The van der Waals surface area contributed by atoms with Crippen LogP contribution in [0.4, 0.5) is 5.69 Å². The number of anilines is 1. The smallest absolute Gasteiger partial charge is 0.282 e. The first kappa shape index (κ1) is 24.9. The molecule has 1 atom stereocenters. The molecular formula is C26H36N4O3S. The lowest BCUT2D eigenvalue weighted by Crippen LogP contribution is -2.54. The molecule has 1 N–H and O–H groups in total. The van der Waals surface area contributed by atoms with Crippen molar-refractivity contribution in [3.63, 3.8) is 0 Å². The molecule has 1 amide bonds. The van der Waals surface area contributed by atoms with E-state index >= 15 is 0 Å². The molecule has 0 aromatic heterocycles. The molecular weight excluding hydrogens is 448 g/mol. The normalized spacial score (nSPS) is 19.9. The Morgan fingerprint density at radius 1 is 0.824 bits per heavy atom. The number of hydrogen-bond acceptors (Lipinski definition) is 4. The molecule has 0 aliphatic carbocycles. The predicted octanol–water partition coefficient (Wildman–Crippen LogP) is 3.72. The van der Waals surface area contributed by atoms with E-state index in [2.05, 4.69) is 10.2 Å². The summed E-state index contributed by atoms with van der Waals surface area (Å²) in [7, 11) is -3.46. The first-order valence-electron chi connectivity index (χ1n) is 12.3. The number of hydrogen-bond donors (Lipinski definition) is 1. The molecule has 4 rings (SSSR count). The third kappa shape index (κ3) is 5.68. The second-order valence-electron chi connectivity index (χ2n) is 9.38. The number of nitrogens with zero attached hydrogens (tertiary/aromatic N) is 3. The van der Waals surface area contributed by atoms with Crippen molar-refractivity contribution in [2.75, 3.05) is 44.6 Å². The molecule has 0 radical (unpaired) electrons. The molecule has 8 heteroatoms. The van der Waals surface area contributed by atoms with Crippen molar-refractivity contribution >= 4 is 21.8 Å². The second-order valence-corrected chi connectivity index (χ2v) is 11.3. The molecule has 0 bridgehead atoms. The van der Waals surface area contributed by atoms with Gasteiger partial charge in [0, 0.05) is 45.0 Å². The minimum absolute atomic E-state index is 0.0938. The Balaban J connectivity index is 1.50. The summed E-state index contributed by atoms with van der Waals surface area (Å²) in [6, 6.07) is 15.3. The zero-order chi connectivity index (χ0) is 24.1. The maximum atomic E-state index is 13.5. The van der Waals surface area contributed by atoms with Gasteiger partial charge in [0.1, 0.15) is 6.04 Å². The summed E-state index contributed by atoms with van der Waals surface area (Å²) >= 11 is 0.